The fraction of sp³-hybridized carbons (Fsp3) is 0.500. The summed E-state index contributed by atoms with van der Waals surface area (Å²) in [4.78, 5) is 4.44. The Morgan fingerprint density at radius 3 is 3.06 bits per heavy atom. The predicted octanol–water partition coefficient (Wildman–Crippen LogP) is 2.35. The predicted molar refractivity (Wildman–Crippen MR) is 71.7 cm³/mol. The van der Waals surface area contributed by atoms with Crippen molar-refractivity contribution in [3.8, 4) is 0 Å². The van der Waals surface area contributed by atoms with Crippen molar-refractivity contribution in [1.29, 1.82) is 0 Å². The van der Waals surface area contributed by atoms with Crippen LogP contribution in [0.1, 0.15) is 18.5 Å². The van der Waals surface area contributed by atoms with Crippen LogP contribution in [-0.4, -0.2) is 32.1 Å². The minimum atomic E-state index is 0.560. The number of anilines is 1. The van der Waals surface area contributed by atoms with Crippen molar-refractivity contribution in [2.24, 2.45) is 0 Å². The number of nitrogens with one attached hydrogen (secondary N) is 1. The molecule has 1 aliphatic heterocycles. The summed E-state index contributed by atoms with van der Waals surface area (Å²) in [6.07, 6.45) is 6.14. The van der Waals surface area contributed by atoms with E-state index in [1.54, 1.807) is 6.20 Å². The molecule has 0 atom stereocenters. The van der Waals surface area contributed by atoms with E-state index in [9.17, 15) is 0 Å². The smallest absolute Gasteiger partial charge is 0.152 e. The Bertz CT molecular complexity index is 516. The third-order valence-electron chi connectivity index (χ3n) is 3.07. The molecule has 2 aromatic heterocycles. The number of aromatic nitrogens is 3. The summed E-state index contributed by atoms with van der Waals surface area (Å²) in [5, 5.41) is 7.95. The number of nitrogens with zero attached hydrogens (tertiary/aromatic N) is 3. The molecule has 0 saturated carbocycles. The first-order valence-corrected chi connectivity index (χ1v) is 7.14. The molecule has 0 aliphatic carbocycles. The van der Waals surface area contributed by atoms with Crippen molar-refractivity contribution < 1.29 is 0 Å². The first-order valence-electron chi connectivity index (χ1n) is 5.98. The Labute approximate surface area is 105 Å². The van der Waals surface area contributed by atoms with Crippen LogP contribution in [0.3, 0.4) is 0 Å². The zero-order chi connectivity index (χ0) is 11.7. The third kappa shape index (κ3) is 2.24. The van der Waals surface area contributed by atoms with E-state index >= 15 is 0 Å². The first kappa shape index (κ1) is 10.9. The molecule has 90 valence electrons. The van der Waals surface area contributed by atoms with E-state index in [0.717, 1.165) is 17.0 Å². The van der Waals surface area contributed by atoms with Crippen molar-refractivity contribution in [2.75, 3.05) is 16.8 Å². The zero-order valence-corrected chi connectivity index (χ0v) is 10.7. The number of fused-ring (bicyclic) bond motifs is 1. The molecule has 1 aliphatic rings. The van der Waals surface area contributed by atoms with Gasteiger partial charge in [0.2, 0.25) is 0 Å². The lowest BCUT2D eigenvalue weighted by atomic mass is 10.1. The quantitative estimate of drug-likeness (QED) is 0.886. The minimum Gasteiger partial charge on any atom is -0.365 e. The monoisotopic (exact) mass is 248 g/mol. The molecule has 1 N–H and O–H groups in total. The summed E-state index contributed by atoms with van der Waals surface area (Å²) in [5.74, 6) is 3.46. The Morgan fingerprint density at radius 1 is 1.41 bits per heavy atom. The van der Waals surface area contributed by atoms with E-state index in [-0.39, 0.29) is 0 Å². The molecule has 1 saturated heterocycles. The normalized spacial score (nSPS) is 17.5. The van der Waals surface area contributed by atoms with E-state index in [4.69, 9.17) is 0 Å². The number of aryl methyl sites for hydroxylation is 1. The number of thioether (sulfide) groups is 1. The van der Waals surface area contributed by atoms with E-state index in [1.807, 2.05) is 29.4 Å². The maximum Gasteiger partial charge on any atom is 0.152 e. The van der Waals surface area contributed by atoms with Crippen LogP contribution in [-0.2, 0) is 0 Å². The van der Waals surface area contributed by atoms with Gasteiger partial charge in [0.25, 0.3) is 0 Å². The second-order valence-electron chi connectivity index (χ2n) is 4.42. The molecule has 3 heterocycles. The summed E-state index contributed by atoms with van der Waals surface area (Å²) in [7, 11) is 0. The summed E-state index contributed by atoms with van der Waals surface area (Å²) in [6, 6.07) is 2.64. The maximum absolute atomic E-state index is 4.44. The van der Waals surface area contributed by atoms with Gasteiger partial charge in [0, 0.05) is 18.4 Å². The standard InChI is InChI=1S/C12H16N4S/c1-9-8-11-12(13-4-5-16(11)15-9)14-10-2-6-17-7-3-10/h4-5,8,10H,2-3,6-7H2,1H3,(H,13,14). The van der Waals surface area contributed by atoms with Crippen LogP contribution in [0.25, 0.3) is 5.52 Å². The van der Waals surface area contributed by atoms with Crippen LogP contribution < -0.4 is 5.32 Å². The van der Waals surface area contributed by atoms with Gasteiger partial charge in [0.05, 0.1) is 5.69 Å². The number of rotatable bonds is 2. The molecule has 0 unspecified atom stereocenters. The van der Waals surface area contributed by atoms with Gasteiger partial charge in [0.1, 0.15) is 5.52 Å². The zero-order valence-electron chi connectivity index (χ0n) is 9.89. The van der Waals surface area contributed by atoms with Crippen LogP contribution in [0.5, 0.6) is 0 Å². The molecule has 5 heteroatoms. The highest BCUT2D eigenvalue weighted by Gasteiger charge is 2.15. The average Bonchev–Trinajstić information content (AvgIpc) is 2.72. The van der Waals surface area contributed by atoms with Crippen molar-refractivity contribution >= 4 is 23.1 Å². The van der Waals surface area contributed by atoms with Crippen molar-refractivity contribution in [2.45, 2.75) is 25.8 Å². The van der Waals surface area contributed by atoms with Crippen LogP contribution in [0, 0.1) is 6.92 Å². The molecular formula is C12H16N4S. The average molecular weight is 248 g/mol. The molecular weight excluding hydrogens is 232 g/mol. The van der Waals surface area contributed by atoms with Gasteiger partial charge < -0.3 is 5.32 Å². The highest BCUT2D eigenvalue weighted by atomic mass is 32.2. The molecule has 4 nitrogen and oxygen atoms in total. The second kappa shape index (κ2) is 4.56. The molecule has 0 aromatic carbocycles. The summed E-state index contributed by atoms with van der Waals surface area (Å²) < 4.78 is 1.89. The van der Waals surface area contributed by atoms with E-state index < -0.39 is 0 Å². The van der Waals surface area contributed by atoms with Crippen molar-refractivity contribution in [1.82, 2.24) is 14.6 Å². The number of hydrogen-bond donors (Lipinski definition) is 1. The van der Waals surface area contributed by atoms with Gasteiger partial charge in [-0.3, -0.25) is 0 Å². The second-order valence-corrected chi connectivity index (χ2v) is 5.65. The van der Waals surface area contributed by atoms with Crippen LogP contribution >= 0.6 is 11.8 Å². The third-order valence-corrected chi connectivity index (χ3v) is 4.12. The molecule has 3 rings (SSSR count). The van der Waals surface area contributed by atoms with Crippen molar-refractivity contribution in [3.05, 3.63) is 24.2 Å². The fourth-order valence-electron chi connectivity index (χ4n) is 2.19. The Balaban J connectivity index is 1.88. The van der Waals surface area contributed by atoms with Gasteiger partial charge in [-0.15, -0.1) is 0 Å². The lowest BCUT2D eigenvalue weighted by Crippen LogP contribution is -2.25. The molecule has 0 bridgehead atoms. The van der Waals surface area contributed by atoms with Gasteiger partial charge in [-0.25, -0.2) is 9.50 Å². The molecule has 0 amide bonds. The lowest BCUT2D eigenvalue weighted by molar-refractivity contribution is 0.664. The minimum absolute atomic E-state index is 0.560. The lowest BCUT2D eigenvalue weighted by Gasteiger charge is -2.23. The van der Waals surface area contributed by atoms with E-state index in [0.29, 0.717) is 6.04 Å². The molecule has 0 radical (unpaired) electrons. The highest BCUT2D eigenvalue weighted by molar-refractivity contribution is 7.99. The largest absolute Gasteiger partial charge is 0.365 e. The Hall–Kier alpha value is -1.23. The van der Waals surface area contributed by atoms with E-state index in [1.165, 1.54) is 24.3 Å². The molecule has 0 spiro atoms. The van der Waals surface area contributed by atoms with Crippen LogP contribution in [0.15, 0.2) is 18.5 Å². The Morgan fingerprint density at radius 2 is 2.24 bits per heavy atom. The SMILES string of the molecule is Cc1cc2c(NC3CCSCC3)nccn2n1. The summed E-state index contributed by atoms with van der Waals surface area (Å²) in [5.41, 5.74) is 2.10. The fourth-order valence-corrected chi connectivity index (χ4v) is 3.30. The van der Waals surface area contributed by atoms with Gasteiger partial charge in [-0.1, -0.05) is 0 Å². The van der Waals surface area contributed by atoms with Crippen molar-refractivity contribution in [3.63, 3.8) is 0 Å². The van der Waals surface area contributed by atoms with E-state index in [2.05, 4.69) is 21.5 Å². The summed E-state index contributed by atoms with van der Waals surface area (Å²) >= 11 is 2.04. The topological polar surface area (TPSA) is 42.2 Å². The van der Waals surface area contributed by atoms with Gasteiger partial charge in [0.15, 0.2) is 5.82 Å². The van der Waals surface area contributed by atoms with Gasteiger partial charge in [-0.05, 0) is 37.3 Å². The molecule has 2 aromatic rings. The maximum atomic E-state index is 4.44. The van der Waals surface area contributed by atoms with Gasteiger partial charge in [-0.2, -0.15) is 16.9 Å². The van der Waals surface area contributed by atoms with Crippen LogP contribution in [0.2, 0.25) is 0 Å². The summed E-state index contributed by atoms with van der Waals surface area (Å²) in [6.45, 7) is 2.01. The first-order chi connectivity index (χ1) is 8.33. The molecule has 17 heavy (non-hydrogen) atoms. The Kier molecular flexibility index (Phi) is 2.93. The van der Waals surface area contributed by atoms with Gasteiger partial charge >= 0.3 is 0 Å². The highest BCUT2D eigenvalue weighted by Crippen LogP contribution is 2.22. The van der Waals surface area contributed by atoms with Crippen LogP contribution in [0.4, 0.5) is 5.82 Å². The number of hydrogen-bond acceptors (Lipinski definition) is 4. The molecule has 1 fully saturated rings.